The van der Waals surface area contributed by atoms with Crippen molar-refractivity contribution in [1.29, 1.82) is 0 Å². The summed E-state index contributed by atoms with van der Waals surface area (Å²) in [5.41, 5.74) is -0.141. The van der Waals surface area contributed by atoms with Crippen molar-refractivity contribution in [3.63, 3.8) is 0 Å². The first-order chi connectivity index (χ1) is 16.6. The highest BCUT2D eigenvalue weighted by atomic mass is 32.2. The van der Waals surface area contributed by atoms with Gasteiger partial charge in [-0.05, 0) is 24.3 Å². The number of piperazine rings is 1. The fourth-order valence-corrected chi connectivity index (χ4v) is 4.01. The minimum absolute atomic E-state index is 0.0473. The summed E-state index contributed by atoms with van der Waals surface area (Å²) >= 11 is 0. The number of rotatable bonds is 10. The predicted octanol–water partition coefficient (Wildman–Crippen LogP) is 1.09. The Morgan fingerprint density at radius 3 is 2.34 bits per heavy atom. The van der Waals surface area contributed by atoms with Gasteiger partial charge in [-0.25, -0.2) is 13.4 Å². The fraction of sp³-hybridized carbons (Fsp3) is 0.429. The highest BCUT2D eigenvalue weighted by Crippen LogP contribution is 2.36. The van der Waals surface area contributed by atoms with Gasteiger partial charge < -0.3 is 14.4 Å². The molecule has 14 heteroatoms. The topological polar surface area (TPSA) is 162 Å². The van der Waals surface area contributed by atoms with E-state index in [0.717, 1.165) is 0 Å². The number of sulfone groups is 1. The Morgan fingerprint density at radius 2 is 1.77 bits per heavy atom. The van der Waals surface area contributed by atoms with Crippen LogP contribution in [-0.2, 0) is 19.4 Å². The lowest BCUT2D eigenvalue weighted by Gasteiger charge is -2.34. The second kappa shape index (κ2) is 11.2. The van der Waals surface area contributed by atoms with Crippen LogP contribution in [0.2, 0.25) is 0 Å². The molecule has 1 saturated heterocycles. The van der Waals surface area contributed by atoms with Crippen LogP contribution in [0.3, 0.4) is 0 Å². The molecule has 0 saturated carbocycles. The van der Waals surface area contributed by atoms with E-state index in [-0.39, 0.29) is 28.8 Å². The number of esters is 1. The lowest BCUT2D eigenvalue weighted by atomic mass is 10.1. The maximum atomic E-state index is 12.1. The van der Waals surface area contributed by atoms with Gasteiger partial charge in [-0.2, -0.15) is 4.98 Å². The zero-order valence-electron chi connectivity index (χ0n) is 19.2. The van der Waals surface area contributed by atoms with Gasteiger partial charge in [0, 0.05) is 44.5 Å². The van der Waals surface area contributed by atoms with Gasteiger partial charge in [0.2, 0.25) is 5.82 Å². The molecule has 3 rings (SSSR count). The van der Waals surface area contributed by atoms with Crippen molar-refractivity contribution >= 4 is 33.1 Å². The fourth-order valence-electron chi connectivity index (χ4n) is 3.42. The van der Waals surface area contributed by atoms with Gasteiger partial charge in [0.05, 0.1) is 17.8 Å². The van der Waals surface area contributed by atoms with Crippen LogP contribution >= 0.6 is 0 Å². The zero-order chi connectivity index (χ0) is 25.6. The van der Waals surface area contributed by atoms with E-state index in [1.54, 1.807) is 4.90 Å². The Labute approximate surface area is 201 Å². The molecule has 0 unspecified atom stereocenters. The van der Waals surface area contributed by atoms with Gasteiger partial charge in [0.15, 0.2) is 5.78 Å². The van der Waals surface area contributed by atoms with Crippen LogP contribution in [0, 0.1) is 10.1 Å². The first-order valence-electron chi connectivity index (χ1n) is 10.6. The van der Waals surface area contributed by atoms with Gasteiger partial charge in [0.25, 0.3) is 0 Å². The van der Waals surface area contributed by atoms with E-state index in [4.69, 9.17) is 4.74 Å². The summed E-state index contributed by atoms with van der Waals surface area (Å²) < 4.78 is 32.9. The smallest absolute Gasteiger partial charge is 0.373 e. The van der Waals surface area contributed by atoms with Crippen LogP contribution in [0.25, 0.3) is 0 Å². The Hall–Kier alpha value is -3.65. The first kappa shape index (κ1) is 26.0. The summed E-state index contributed by atoms with van der Waals surface area (Å²) in [6.07, 6.45) is 1.95. The molecule has 188 valence electrons. The lowest BCUT2D eigenvalue weighted by Crippen LogP contribution is -2.48. The average Bonchev–Trinajstić information content (AvgIpc) is 2.82. The predicted molar refractivity (Wildman–Crippen MR) is 125 cm³/mol. The second-order valence-electron chi connectivity index (χ2n) is 7.87. The number of carbonyl (C=O) groups excluding carboxylic acids is 2. The van der Waals surface area contributed by atoms with Gasteiger partial charge in [0.1, 0.15) is 28.3 Å². The lowest BCUT2D eigenvalue weighted by molar-refractivity contribution is -0.385. The summed E-state index contributed by atoms with van der Waals surface area (Å²) in [7, 11) is -1.89. The maximum absolute atomic E-state index is 12.1. The van der Waals surface area contributed by atoms with E-state index in [1.807, 2.05) is 4.90 Å². The zero-order valence-corrected chi connectivity index (χ0v) is 20.1. The van der Waals surface area contributed by atoms with Crippen molar-refractivity contribution in [3.05, 3.63) is 46.3 Å². The molecule has 13 nitrogen and oxygen atoms in total. The van der Waals surface area contributed by atoms with Crippen LogP contribution in [0.1, 0.15) is 16.8 Å². The Morgan fingerprint density at radius 1 is 1.11 bits per heavy atom. The number of nitrogens with zero attached hydrogens (tertiary/aromatic N) is 5. The van der Waals surface area contributed by atoms with E-state index >= 15 is 0 Å². The molecule has 0 atom stereocenters. The van der Waals surface area contributed by atoms with Crippen LogP contribution in [0.4, 0.5) is 11.5 Å². The highest BCUT2D eigenvalue weighted by Gasteiger charge is 2.30. The number of hydrogen-bond acceptors (Lipinski definition) is 12. The molecule has 2 heterocycles. The molecule has 1 aromatic carbocycles. The number of ketones is 1. The van der Waals surface area contributed by atoms with E-state index in [2.05, 4.69) is 14.7 Å². The number of benzene rings is 1. The van der Waals surface area contributed by atoms with Crippen molar-refractivity contribution < 1.29 is 32.4 Å². The van der Waals surface area contributed by atoms with E-state index < -0.39 is 38.6 Å². The molecule has 1 fully saturated rings. The molecule has 0 N–H and O–H groups in total. The largest absolute Gasteiger partial charge is 0.469 e. The minimum atomic E-state index is -3.08. The summed E-state index contributed by atoms with van der Waals surface area (Å²) in [5, 5.41) is 11.9. The first-order valence-corrected chi connectivity index (χ1v) is 12.7. The monoisotopic (exact) mass is 507 g/mol. The molecule has 0 radical (unpaired) electrons. The van der Waals surface area contributed by atoms with Crippen molar-refractivity contribution in [2.24, 2.45) is 0 Å². The van der Waals surface area contributed by atoms with Gasteiger partial charge in [-0.1, -0.05) is 0 Å². The number of methoxy groups -OCH3 is 1. The number of carbonyl (C=O) groups is 2. The van der Waals surface area contributed by atoms with Crippen LogP contribution < -0.4 is 9.64 Å². The number of Topliss-reactive ketones (excluding diaryl/α,β-unsaturated/α-hetero) is 1. The van der Waals surface area contributed by atoms with Crippen LogP contribution in [0.5, 0.6) is 11.6 Å². The number of hydrogen-bond donors (Lipinski definition) is 0. The third kappa shape index (κ3) is 7.16. The number of ether oxygens (including phenoxy) is 2. The van der Waals surface area contributed by atoms with Crippen molar-refractivity contribution in [2.75, 3.05) is 56.7 Å². The minimum Gasteiger partial charge on any atom is -0.469 e. The van der Waals surface area contributed by atoms with Crippen LogP contribution in [0.15, 0.2) is 30.6 Å². The summed E-state index contributed by atoms with van der Waals surface area (Å²) in [6, 6.07) is 5.75. The molecule has 1 aliphatic rings. The number of anilines is 1. The molecular weight excluding hydrogens is 482 g/mol. The van der Waals surface area contributed by atoms with Gasteiger partial charge in [-0.3, -0.25) is 24.6 Å². The maximum Gasteiger partial charge on any atom is 0.373 e. The Balaban J connectivity index is 1.73. The Bertz CT molecular complexity index is 1190. The molecule has 0 amide bonds. The highest BCUT2D eigenvalue weighted by molar-refractivity contribution is 7.90. The van der Waals surface area contributed by atoms with E-state index in [9.17, 15) is 28.1 Å². The quantitative estimate of drug-likeness (QED) is 0.148. The molecule has 35 heavy (non-hydrogen) atoms. The van der Waals surface area contributed by atoms with Crippen molar-refractivity contribution in [1.82, 2.24) is 14.9 Å². The van der Waals surface area contributed by atoms with Crippen LogP contribution in [-0.4, -0.2) is 91.8 Å². The molecule has 0 spiro atoms. The number of nitro groups is 1. The SMILES string of the molecule is COC(=O)CC(=O)c1ccc(Oc2ncnc(N3CCN(CCS(C)(=O)=O)CC3)c2[N+](=O)[O-])cc1. The molecule has 1 aliphatic heterocycles. The Kier molecular flexibility index (Phi) is 8.30. The molecule has 2 aromatic rings. The molecule has 1 aromatic heterocycles. The second-order valence-corrected chi connectivity index (χ2v) is 10.1. The molecule has 0 aliphatic carbocycles. The third-order valence-corrected chi connectivity index (χ3v) is 6.25. The summed E-state index contributed by atoms with van der Waals surface area (Å²) in [4.78, 5) is 46.3. The van der Waals surface area contributed by atoms with E-state index in [1.165, 1.54) is 44.0 Å². The third-order valence-electron chi connectivity index (χ3n) is 5.33. The van der Waals surface area contributed by atoms with Gasteiger partial charge in [-0.15, -0.1) is 0 Å². The molecular formula is C21H25N5O8S. The standard InChI is InChI=1S/C21H25N5O8S/c1-33-18(28)13-17(27)15-3-5-16(6-4-15)34-21-19(26(29)30)20(22-14-23-21)25-9-7-24(8-10-25)11-12-35(2,31)32/h3-6,14H,7-13H2,1-2H3. The molecule has 0 bridgehead atoms. The van der Waals surface area contributed by atoms with Crippen molar-refractivity contribution in [2.45, 2.75) is 6.42 Å². The van der Waals surface area contributed by atoms with Gasteiger partial charge >= 0.3 is 17.5 Å². The normalized spacial score (nSPS) is 14.4. The van der Waals surface area contributed by atoms with E-state index in [0.29, 0.717) is 32.7 Å². The number of aromatic nitrogens is 2. The van der Waals surface area contributed by atoms with Crippen molar-refractivity contribution in [3.8, 4) is 11.6 Å². The summed E-state index contributed by atoms with van der Waals surface area (Å²) in [5.74, 6) is -0.991. The summed E-state index contributed by atoms with van der Waals surface area (Å²) in [6.45, 7) is 2.27. The average molecular weight is 508 g/mol.